The Labute approximate surface area is 368 Å². The molecule has 4 nitrogen and oxygen atoms in total. The first kappa shape index (κ1) is 37.2. The third-order valence-electron chi connectivity index (χ3n) is 12.3. The molecule has 0 saturated heterocycles. The summed E-state index contributed by atoms with van der Waals surface area (Å²) >= 11 is 0. The minimum absolute atomic E-state index is 0.746. The zero-order chi connectivity index (χ0) is 42.7. The summed E-state index contributed by atoms with van der Waals surface area (Å²) < 4.78 is 26.4. The molecule has 0 N–H and O–H groups in total. The molecule has 0 amide bonds. The highest BCUT2D eigenvalue weighted by molar-refractivity contribution is 6.19. The van der Waals surface area contributed by atoms with E-state index >= 15 is 0 Å². The van der Waals surface area contributed by atoms with Crippen LogP contribution in [0.2, 0.25) is 0 Å². The van der Waals surface area contributed by atoms with Crippen LogP contribution in [0.4, 0.5) is 0 Å². The molecule has 7 aromatic carbocycles. The van der Waals surface area contributed by atoms with Gasteiger partial charge in [-0.1, -0.05) is 153 Å². The predicted molar refractivity (Wildman–Crippen MR) is 268 cm³/mol. The van der Waals surface area contributed by atoms with Gasteiger partial charge in [-0.15, -0.1) is 0 Å². The van der Waals surface area contributed by atoms with E-state index < -0.39 is 0 Å². The first-order chi connectivity index (χ1) is 31.6. The lowest BCUT2D eigenvalue weighted by molar-refractivity contribution is 0.602. The molecule has 64 heavy (non-hydrogen) atoms. The van der Waals surface area contributed by atoms with E-state index in [1.165, 1.54) is 5.56 Å². The Hall–Kier alpha value is -8.60. The standard InChI is InChI=1S/C60H38O4/c1-3-15-37(4-2)40-24-28-54-46(32-40)44-20-11-12-21-45-50-36-51-49-35-43(42-26-30-56-48(34-42)47-33-41(25-29-55(47)62-56)38-16-7-5-8-17-38)27-31-57(49)64-60(51)58(39-18-9-6-10-19-39)59(50)63-53(45)23-14-13-22-52(44)61-54/h3-36H,1-2H2/b12-11?,14-13?,20-11+,21-12+,22-13-,23-14-,37-15+,44-20?,45-21?,52-22?,53-23?. The van der Waals surface area contributed by atoms with Crippen LogP contribution in [0, 0.1) is 0 Å². The van der Waals surface area contributed by atoms with Crippen LogP contribution in [0.5, 0.6) is 0 Å². The lowest BCUT2D eigenvalue weighted by Gasteiger charge is -2.05. The summed E-state index contributed by atoms with van der Waals surface area (Å²) in [7, 11) is 0. The van der Waals surface area contributed by atoms with E-state index in [1.54, 1.807) is 6.08 Å². The third kappa shape index (κ3) is 6.15. The normalized spacial score (nSPS) is 15.0. The zero-order valence-corrected chi connectivity index (χ0v) is 34.7. The molecule has 0 spiro atoms. The van der Waals surface area contributed by atoms with Gasteiger partial charge in [0.15, 0.2) is 0 Å². The van der Waals surface area contributed by atoms with Crippen molar-refractivity contribution in [3.63, 3.8) is 0 Å². The van der Waals surface area contributed by atoms with E-state index in [0.717, 1.165) is 127 Å². The number of benzene rings is 7. The maximum Gasteiger partial charge on any atom is 0.147 e. The summed E-state index contributed by atoms with van der Waals surface area (Å²) in [6.07, 6.45) is 22.0. The van der Waals surface area contributed by atoms with E-state index in [1.807, 2.05) is 54.7 Å². The second-order valence-electron chi connectivity index (χ2n) is 16.0. The van der Waals surface area contributed by atoms with Gasteiger partial charge in [0, 0.05) is 43.4 Å². The largest absolute Gasteiger partial charge is 0.456 e. The van der Waals surface area contributed by atoms with Crippen molar-refractivity contribution < 1.29 is 17.7 Å². The van der Waals surface area contributed by atoms with Crippen molar-refractivity contribution in [2.45, 2.75) is 0 Å². The van der Waals surface area contributed by atoms with Gasteiger partial charge in [-0.05, 0) is 106 Å². The maximum atomic E-state index is 6.86. The Balaban J connectivity index is 1.00. The minimum Gasteiger partial charge on any atom is -0.456 e. The van der Waals surface area contributed by atoms with Crippen molar-refractivity contribution in [2.24, 2.45) is 0 Å². The Morgan fingerprint density at radius 2 is 0.906 bits per heavy atom. The molecular formula is C60H38O4. The van der Waals surface area contributed by atoms with Crippen LogP contribution in [0.15, 0.2) is 213 Å². The van der Waals surface area contributed by atoms with Crippen molar-refractivity contribution in [1.82, 2.24) is 0 Å². The van der Waals surface area contributed by atoms with Gasteiger partial charge in [-0.25, -0.2) is 0 Å². The highest BCUT2D eigenvalue weighted by atomic mass is 16.4. The van der Waals surface area contributed by atoms with Crippen molar-refractivity contribution in [3.05, 3.63) is 223 Å². The first-order valence-corrected chi connectivity index (χ1v) is 21.4. The van der Waals surface area contributed by atoms with Gasteiger partial charge >= 0.3 is 0 Å². The van der Waals surface area contributed by atoms with Gasteiger partial charge in [0.2, 0.25) is 0 Å². The molecule has 11 aromatic rings. The lowest BCUT2D eigenvalue weighted by atomic mass is 9.96. The molecule has 0 fully saturated rings. The quantitative estimate of drug-likeness (QED) is 0.157. The van der Waals surface area contributed by atoms with Crippen LogP contribution in [0.3, 0.4) is 0 Å². The summed E-state index contributed by atoms with van der Waals surface area (Å²) in [5, 5.41) is 6.24. The minimum atomic E-state index is 0.746. The van der Waals surface area contributed by atoms with E-state index in [0.29, 0.717) is 0 Å². The molecule has 0 bridgehead atoms. The van der Waals surface area contributed by atoms with Crippen LogP contribution < -0.4 is 0 Å². The van der Waals surface area contributed by atoms with E-state index in [-0.39, 0.29) is 0 Å². The number of rotatable bonds is 6. The summed E-state index contributed by atoms with van der Waals surface area (Å²) in [5.41, 5.74) is 15.4. The number of furan rings is 4. The lowest BCUT2D eigenvalue weighted by Crippen LogP contribution is -1.82. The molecule has 4 heteroatoms. The second-order valence-corrected chi connectivity index (χ2v) is 16.0. The Morgan fingerprint density at radius 3 is 1.55 bits per heavy atom. The molecular weight excluding hydrogens is 785 g/mol. The Bertz CT molecular complexity index is 3850. The van der Waals surface area contributed by atoms with E-state index in [2.05, 4.69) is 159 Å². The summed E-state index contributed by atoms with van der Waals surface area (Å²) in [6, 6.07) is 48.7. The van der Waals surface area contributed by atoms with Gasteiger partial charge in [0.25, 0.3) is 0 Å². The topological polar surface area (TPSA) is 52.6 Å². The monoisotopic (exact) mass is 822 g/mol. The summed E-state index contributed by atoms with van der Waals surface area (Å²) in [6.45, 7) is 7.89. The number of hydrogen-bond donors (Lipinski definition) is 0. The van der Waals surface area contributed by atoms with Crippen LogP contribution in [0.25, 0.3) is 129 Å². The molecule has 12 rings (SSSR count). The zero-order valence-electron chi connectivity index (χ0n) is 34.7. The SMILES string of the molecule is C=C/C=C(\C=C)c1ccc2oc3c(c2c1)/C=C/C=C/c1c(oc2c(-c4ccccc4)c4oc5ccc(-c6ccc7oc8ccc(-c9ccccc9)cc8c7c6)cc5c4cc12)/C=C\C=C/3. The number of hydrogen-bond acceptors (Lipinski definition) is 4. The third-order valence-corrected chi connectivity index (χ3v) is 12.3. The van der Waals surface area contributed by atoms with Crippen LogP contribution in [0.1, 0.15) is 28.2 Å². The number of allylic oxidation sites excluding steroid dienone is 8. The van der Waals surface area contributed by atoms with E-state index in [9.17, 15) is 0 Å². The van der Waals surface area contributed by atoms with Gasteiger partial charge in [-0.2, -0.15) is 0 Å². The van der Waals surface area contributed by atoms with Crippen molar-refractivity contribution >= 4 is 95.7 Å². The molecule has 0 atom stereocenters. The van der Waals surface area contributed by atoms with E-state index in [4.69, 9.17) is 17.7 Å². The van der Waals surface area contributed by atoms with Crippen LogP contribution >= 0.6 is 0 Å². The fourth-order valence-electron chi connectivity index (χ4n) is 9.22. The van der Waals surface area contributed by atoms with Gasteiger partial charge in [0.05, 0.1) is 5.56 Å². The van der Waals surface area contributed by atoms with Crippen LogP contribution in [-0.4, -0.2) is 0 Å². The van der Waals surface area contributed by atoms with Gasteiger partial charge in [0.1, 0.15) is 45.0 Å². The molecule has 1 aliphatic rings. The molecule has 0 radical (unpaired) electrons. The molecule has 4 aromatic heterocycles. The van der Waals surface area contributed by atoms with Crippen molar-refractivity contribution in [2.75, 3.05) is 0 Å². The highest BCUT2D eigenvalue weighted by Gasteiger charge is 2.23. The Kier molecular flexibility index (Phi) is 8.77. The van der Waals surface area contributed by atoms with Gasteiger partial charge < -0.3 is 17.7 Å². The number of fused-ring (bicyclic) bond motifs is 12. The Morgan fingerprint density at radius 1 is 0.391 bits per heavy atom. The summed E-state index contributed by atoms with van der Waals surface area (Å²) in [5.74, 6) is 1.52. The summed E-state index contributed by atoms with van der Waals surface area (Å²) in [4.78, 5) is 0. The smallest absolute Gasteiger partial charge is 0.147 e. The molecule has 4 heterocycles. The maximum absolute atomic E-state index is 6.86. The molecule has 0 unspecified atom stereocenters. The predicted octanol–water partition coefficient (Wildman–Crippen LogP) is 17.5. The first-order valence-electron chi connectivity index (χ1n) is 21.4. The fourth-order valence-corrected chi connectivity index (χ4v) is 9.22. The van der Waals surface area contributed by atoms with Gasteiger partial charge in [-0.3, -0.25) is 0 Å². The highest BCUT2D eigenvalue weighted by Crippen LogP contribution is 2.45. The molecule has 0 aliphatic heterocycles. The second kappa shape index (κ2) is 15.1. The molecule has 0 saturated carbocycles. The average Bonchev–Trinajstić information content (AvgIpc) is 4.09. The fraction of sp³-hybridized carbons (Fsp3) is 0. The molecule has 302 valence electrons. The van der Waals surface area contributed by atoms with Crippen molar-refractivity contribution in [1.29, 1.82) is 0 Å². The average molecular weight is 823 g/mol. The molecule has 1 aliphatic carbocycles. The van der Waals surface area contributed by atoms with Crippen LogP contribution in [-0.2, 0) is 0 Å². The van der Waals surface area contributed by atoms with Crippen molar-refractivity contribution in [3.8, 4) is 33.4 Å².